The molecule has 1 N–H and O–H groups in total. The zero-order valence-electron chi connectivity index (χ0n) is 16.1. The van der Waals surface area contributed by atoms with Crippen molar-refractivity contribution < 1.29 is 18.4 Å². The second kappa shape index (κ2) is 7.88. The summed E-state index contributed by atoms with van der Waals surface area (Å²) in [5, 5.41) is 11.4. The fourth-order valence-electron chi connectivity index (χ4n) is 3.20. The molecule has 0 aromatic heterocycles. The van der Waals surface area contributed by atoms with Gasteiger partial charge in [-0.25, -0.2) is 8.78 Å². The van der Waals surface area contributed by atoms with Gasteiger partial charge in [-0.05, 0) is 79.0 Å². The first-order valence-electron chi connectivity index (χ1n) is 8.64. The zero-order chi connectivity index (χ0) is 22.4. The summed E-state index contributed by atoms with van der Waals surface area (Å²) in [6.07, 6.45) is 0. The molecule has 0 bridgehead atoms. The Morgan fingerprint density at radius 2 is 1.93 bits per heavy atom. The zero-order valence-corrected chi connectivity index (χ0v) is 19.1. The lowest BCUT2D eigenvalue weighted by Gasteiger charge is -2.29. The second-order valence-corrected chi connectivity index (χ2v) is 8.38. The quantitative estimate of drug-likeness (QED) is 0.475. The first kappa shape index (κ1) is 22.0. The normalized spacial score (nSPS) is 15.4. The fourth-order valence-corrected chi connectivity index (χ4v) is 4.29. The molecule has 154 valence electrons. The van der Waals surface area contributed by atoms with E-state index in [1.165, 1.54) is 36.2 Å². The number of thiocarbonyl (C=S) groups is 1. The number of carbonyl (C=O) groups is 2. The Balaban J connectivity index is 2.10. The maximum Gasteiger partial charge on any atom is 0.259 e. The highest BCUT2D eigenvalue weighted by Crippen LogP contribution is 2.38. The molecule has 0 saturated carbocycles. The van der Waals surface area contributed by atoms with Crippen molar-refractivity contribution >= 4 is 63.1 Å². The number of carbonyl (C=O) groups excluding carboxylic acids is 2. The van der Waals surface area contributed by atoms with Crippen LogP contribution in [0.15, 0.2) is 30.3 Å². The molecule has 0 atom stereocenters. The van der Waals surface area contributed by atoms with Crippen molar-refractivity contribution in [3.05, 3.63) is 56.7 Å². The Labute approximate surface area is 190 Å². The highest BCUT2D eigenvalue weighted by molar-refractivity contribution is 14.1. The molecule has 1 aliphatic heterocycles. The second-order valence-electron chi connectivity index (χ2n) is 6.93. The average molecular weight is 540 g/mol. The van der Waals surface area contributed by atoms with E-state index in [2.05, 4.69) is 5.32 Å². The summed E-state index contributed by atoms with van der Waals surface area (Å²) < 4.78 is 29.5. The van der Waals surface area contributed by atoms with Crippen molar-refractivity contribution in [1.29, 1.82) is 5.26 Å². The summed E-state index contributed by atoms with van der Waals surface area (Å²) in [5.41, 5.74) is -1.11. The average Bonchev–Trinajstić information content (AvgIpc) is 2.88. The Hall–Kier alpha value is -2.65. The number of amides is 2. The summed E-state index contributed by atoms with van der Waals surface area (Å²) in [6.45, 7) is 3.16. The van der Waals surface area contributed by atoms with Crippen LogP contribution in [-0.4, -0.2) is 29.5 Å². The largest absolute Gasteiger partial charge is 0.355 e. The van der Waals surface area contributed by atoms with Gasteiger partial charge in [-0.2, -0.15) is 5.26 Å². The Morgan fingerprint density at radius 3 is 2.50 bits per heavy atom. The van der Waals surface area contributed by atoms with Crippen LogP contribution in [0.25, 0.3) is 0 Å². The summed E-state index contributed by atoms with van der Waals surface area (Å²) in [6, 6.07) is 8.47. The van der Waals surface area contributed by atoms with Crippen molar-refractivity contribution in [2.45, 2.75) is 19.4 Å². The molecule has 10 heteroatoms. The first-order valence-corrected chi connectivity index (χ1v) is 10.1. The summed E-state index contributed by atoms with van der Waals surface area (Å²) in [4.78, 5) is 27.4. The number of nitrogens with one attached hydrogen (secondary N) is 1. The summed E-state index contributed by atoms with van der Waals surface area (Å²) >= 11 is 7.16. The van der Waals surface area contributed by atoms with Gasteiger partial charge in [0.2, 0.25) is 0 Å². The molecule has 6 nitrogen and oxygen atoms in total. The lowest BCUT2D eigenvalue weighted by Crippen LogP contribution is -2.44. The van der Waals surface area contributed by atoms with Crippen molar-refractivity contribution in [2.75, 3.05) is 16.8 Å². The molecule has 0 radical (unpaired) electrons. The van der Waals surface area contributed by atoms with E-state index in [9.17, 15) is 18.4 Å². The molecule has 2 amide bonds. The molecule has 30 heavy (non-hydrogen) atoms. The van der Waals surface area contributed by atoms with Crippen molar-refractivity contribution in [1.82, 2.24) is 5.32 Å². The van der Waals surface area contributed by atoms with Gasteiger partial charge in [0.1, 0.15) is 17.4 Å². The van der Waals surface area contributed by atoms with Gasteiger partial charge >= 0.3 is 0 Å². The molecule has 1 aliphatic rings. The smallest absolute Gasteiger partial charge is 0.259 e. The number of rotatable bonds is 3. The van der Waals surface area contributed by atoms with Crippen molar-refractivity contribution in [2.24, 2.45) is 0 Å². The van der Waals surface area contributed by atoms with E-state index in [0.29, 0.717) is 0 Å². The molecule has 0 aliphatic carbocycles. The van der Waals surface area contributed by atoms with E-state index in [4.69, 9.17) is 17.5 Å². The minimum absolute atomic E-state index is 0.0449. The van der Waals surface area contributed by atoms with E-state index < -0.39 is 29.0 Å². The fraction of sp³-hybridized carbons (Fsp3) is 0.200. The third-order valence-electron chi connectivity index (χ3n) is 4.77. The van der Waals surface area contributed by atoms with Gasteiger partial charge in [0.15, 0.2) is 10.9 Å². The third-order valence-corrected chi connectivity index (χ3v) is 6.19. The summed E-state index contributed by atoms with van der Waals surface area (Å²) in [7, 11) is 1.39. The predicted octanol–water partition coefficient (Wildman–Crippen LogP) is 3.72. The lowest BCUT2D eigenvalue weighted by molar-refractivity contribution is -0.120. The standard InChI is InChI=1S/C20H15F2IN4O2S/c1-20(2)18(29)26(14-7-4-10(9-24)16(23)15(14)22)19(30)27(20)11-5-6-12(13(21)8-11)17(28)25-3/h4-8H,1-3H3,(H,25,28). The van der Waals surface area contributed by atoms with Gasteiger partial charge < -0.3 is 10.2 Å². The molecule has 0 unspecified atom stereocenters. The Morgan fingerprint density at radius 1 is 1.27 bits per heavy atom. The van der Waals surface area contributed by atoms with Crippen LogP contribution in [0.5, 0.6) is 0 Å². The van der Waals surface area contributed by atoms with Gasteiger partial charge in [0, 0.05) is 12.7 Å². The number of hydrogen-bond donors (Lipinski definition) is 1. The minimum Gasteiger partial charge on any atom is -0.355 e. The van der Waals surface area contributed by atoms with Crippen LogP contribution in [0.1, 0.15) is 29.8 Å². The highest BCUT2D eigenvalue weighted by atomic mass is 127. The van der Waals surface area contributed by atoms with Gasteiger partial charge in [0.25, 0.3) is 11.8 Å². The van der Waals surface area contributed by atoms with Crippen LogP contribution in [-0.2, 0) is 4.79 Å². The maximum atomic E-state index is 14.9. The van der Waals surface area contributed by atoms with Crippen LogP contribution in [0.2, 0.25) is 0 Å². The highest BCUT2D eigenvalue weighted by Gasteiger charge is 2.51. The Bertz CT molecular complexity index is 1150. The Kier molecular flexibility index (Phi) is 5.79. The van der Waals surface area contributed by atoms with E-state index in [1.54, 1.807) is 36.4 Å². The number of anilines is 2. The number of nitrogens with zero attached hydrogens (tertiary/aromatic N) is 3. The maximum absolute atomic E-state index is 14.9. The number of nitriles is 1. The van der Waals surface area contributed by atoms with Crippen molar-refractivity contribution in [3.8, 4) is 6.07 Å². The topological polar surface area (TPSA) is 76.4 Å². The summed E-state index contributed by atoms with van der Waals surface area (Å²) in [5.74, 6) is -2.63. The van der Waals surface area contributed by atoms with E-state index in [-0.39, 0.29) is 31.2 Å². The lowest BCUT2D eigenvalue weighted by atomic mass is 10.0. The SMILES string of the molecule is CNC(=O)c1ccc(N2C(=S)N(c3ccc(C#N)c(I)c3F)C(=O)C2(C)C)cc1F. The number of benzene rings is 2. The molecular weight excluding hydrogens is 525 g/mol. The van der Waals surface area contributed by atoms with Crippen LogP contribution in [0, 0.1) is 26.5 Å². The van der Waals surface area contributed by atoms with Crippen molar-refractivity contribution in [3.63, 3.8) is 0 Å². The van der Waals surface area contributed by atoms with Gasteiger partial charge in [-0.1, -0.05) is 0 Å². The number of halogens is 3. The molecule has 1 heterocycles. The van der Waals surface area contributed by atoms with Gasteiger partial charge in [0.05, 0.1) is 20.4 Å². The molecule has 0 spiro atoms. The molecule has 3 rings (SSSR count). The van der Waals surface area contributed by atoms with Crippen LogP contribution < -0.4 is 15.1 Å². The van der Waals surface area contributed by atoms with E-state index >= 15 is 0 Å². The van der Waals surface area contributed by atoms with E-state index in [0.717, 1.165) is 11.0 Å². The van der Waals surface area contributed by atoms with E-state index in [1.807, 2.05) is 6.07 Å². The van der Waals surface area contributed by atoms with Gasteiger partial charge in [-0.15, -0.1) is 0 Å². The molecule has 2 aromatic carbocycles. The minimum atomic E-state index is -1.25. The first-order chi connectivity index (χ1) is 14.1. The molecular formula is C20H15F2IN4O2S. The molecule has 1 fully saturated rings. The molecule has 2 aromatic rings. The third kappa shape index (κ3) is 3.31. The van der Waals surface area contributed by atoms with Crippen LogP contribution >= 0.6 is 34.8 Å². The van der Waals surface area contributed by atoms with Crippen LogP contribution in [0.4, 0.5) is 20.2 Å². The van der Waals surface area contributed by atoms with Gasteiger partial charge in [-0.3, -0.25) is 14.5 Å². The predicted molar refractivity (Wildman–Crippen MR) is 120 cm³/mol. The monoisotopic (exact) mass is 540 g/mol. The number of hydrogen-bond acceptors (Lipinski definition) is 4. The molecule has 1 saturated heterocycles. The van der Waals surface area contributed by atoms with Crippen LogP contribution in [0.3, 0.4) is 0 Å².